The Labute approximate surface area is 166 Å². The quantitative estimate of drug-likeness (QED) is 0.263. The second kappa shape index (κ2) is 9.56. The first-order chi connectivity index (χ1) is 13.6. The Morgan fingerprint density at radius 2 is 2.00 bits per heavy atom. The van der Waals surface area contributed by atoms with Crippen LogP contribution in [0.25, 0.3) is 11.5 Å². The molecular weight excluding hydrogens is 376 g/mol. The van der Waals surface area contributed by atoms with E-state index in [9.17, 15) is 4.79 Å². The van der Waals surface area contributed by atoms with E-state index in [1.54, 1.807) is 12.1 Å². The van der Waals surface area contributed by atoms with E-state index in [1.165, 1.54) is 16.9 Å². The number of carbonyl (C=O) groups excluding carboxylic acids is 1. The molecule has 2 heterocycles. The summed E-state index contributed by atoms with van der Waals surface area (Å²) in [6.45, 7) is 0.869. The van der Waals surface area contributed by atoms with Gasteiger partial charge in [0.05, 0.1) is 6.54 Å². The summed E-state index contributed by atoms with van der Waals surface area (Å²) in [6.07, 6.45) is 1.88. The molecule has 28 heavy (non-hydrogen) atoms. The molecule has 0 bridgehead atoms. The maximum Gasteiger partial charge on any atom is 0.312 e. The Bertz CT molecular complexity index is 935. The van der Waals surface area contributed by atoms with Crippen molar-refractivity contribution in [1.29, 1.82) is 0 Å². The van der Waals surface area contributed by atoms with Gasteiger partial charge in [-0.15, -0.1) is 11.3 Å². The van der Waals surface area contributed by atoms with E-state index in [0.717, 1.165) is 12.8 Å². The van der Waals surface area contributed by atoms with Gasteiger partial charge in [-0.3, -0.25) is 4.99 Å². The highest BCUT2D eigenvalue weighted by Crippen LogP contribution is 2.26. The molecule has 0 aliphatic carbocycles. The number of nitrogens with zero attached hydrogens (tertiary/aromatic N) is 2. The fourth-order valence-corrected chi connectivity index (χ4v) is 3.21. The van der Waals surface area contributed by atoms with Gasteiger partial charge in [-0.1, -0.05) is 30.3 Å². The summed E-state index contributed by atoms with van der Waals surface area (Å²) >= 11 is 1.40. The number of anilines is 1. The van der Waals surface area contributed by atoms with E-state index >= 15 is 0 Å². The molecule has 146 valence electrons. The van der Waals surface area contributed by atoms with Gasteiger partial charge in [0, 0.05) is 11.9 Å². The van der Waals surface area contributed by atoms with Gasteiger partial charge in [0.1, 0.15) is 11.5 Å². The number of nitrogens with one attached hydrogen (secondary N) is 2. The summed E-state index contributed by atoms with van der Waals surface area (Å²) in [7, 11) is 0. The monoisotopic (exact) mass is 398 g/mol. The van der Waals surface area contributed by atoms with Crippen molar-refractivity contribution < 1.29 is 9.21 Å². The van der Waals surface area contributed by atoms with Gasteiger partial charge >= 0.3 is 6.03 Å². The summed E-state index contributed by atoms with van der Waals surface area (Å²) in [6, 6.07) is 13.2. The van der Waals surface area contributed by atoms with E-state index in [4.69, 9.17) is 15.9 Å². The minimum Gasteiger partial charge on any atom is -0.458 e. The summed E-state index contributed by atoms with van der Waals surface area (Å²) in [4.78, 5) is 19.5. The lowest BCUT2D eigenvalue weighted by Gasteiger charge is -2.02. The average molecular weight is 398 g/mol. The number of nitrogens with two attached hydrogens (primary N) is 2. The Kier molecular flexibility index (Phi) is 6.64. The molecule has 0 aliphatic rings. The molecule has 3 rings (SSSR count). The van der Waals surface area contributed by atoms with Gasteiger partial charge in [-0.2, -0.15) is 0 Å². The van der Waals surface area contributed by atoms with Crippen LogP contribution in [0, 0.1) is 0 Å². The first-order valence-corrected chi connectivity index (χ1v) is 9.67. The van der Waals surface area contributed by atoms with E-state index in [1.807, 2.05) is 23.6 Å². The molecule has 3 aromatic rings. The minimum atomic E-state index is -0.600. The number of thiazole rings is 1. The van der Waals surface area contributed by atoms with Crippen LogP contribution < -0.4 is 22.1 Å². The zero-order valence-electron chi connectivity index (χ0n) is 15.2. The molecule has 0 radical (unpaired) electrons. The molecule has 0 atom stereocenters. The number of furan rings is 1. The molecule has 6 N–H and O–H groups in total. The fourth-order valence-electron chi connectivity index (χ4n) is 2.51. The zero-order chi connectivity index (χ0) is 19.8. The van der Waals surface area contributed by atoms with Crippen LogP contribution in [0.5, 0.6) is 0 Å². The summed E-state index contributed by atoms with van der Waals surface area (Å²) in [5.41, 5.74) is 12.9. The second-order valence-electron chi connectivity index (χ2n) is 6.00. The Morgan fingerprint density at radius 1 is 1.18 bits per heavy atom. The molecule has 9 heteroatoms. The summed E-state index contributed by atoms with van der Waals surface area (Å²) in [5, 5.41) is 7.96. The zero-order valence-corrected chi connectivity index (χ0v) is 16.0. The van der Waals surface area contributed by atoms with Crippen molar-refractivity contribution in [3.8, 4) is 11.5 Å². The largest absolute Gasteiger partial charge is 0.458 e. The molecule has 0 fully saturated rings. The van der Waals surface area contributed by atoms with Crippen molar-refractivity contribution >= 4 is 28.5 Å². The summed E-state index contributed by atoms with van der Waals surface area (Å²) < 4.78 is 5.64. The molecule has 0 aliphatic heterocycles. The van der Waals surface area contributed by atoms with Crippen LogP contribution in [0.2, 0.25) is 0 Å². The third-order valence-corrected chi connectivity index (χ3v) is 4.60. The van der Waals surface area contributed by atoms with Crippen LogP contribution in [-0.2, 0) is 13.0 Å². The highest BCUT2D eigenvalue weighted by atomic mass is 32.1. The number of aryl methyl sites for hydroxylation is 1. The first-order valence-electron chi connectivity index (χ1n) is 8.79. The van der Waals surface area contributed by atoms with Crippen LogP contribution in [0.3, 0.4) is 0 Å². The number of carbonyl (C=O) groups is 1. The van der Waals surface area contributed by atoms with Crippen LogP contribution in [0.15, 0.2) is 57.3 Å². The maximum atomic E-state index is 10.7. The molecular formula is C19H22N6O2S. The molecule has 0 unspecified atom stereocenters. The molecule has 1 aromatic carbocycles. The van der Waals surface area contributed by atoms with Crippen molar-refractivity contribution in [3.63, 3.8) is 0 Å². The number of amides is 2. The highest BCUT2D eigenvalue weighted by Gasteiger charge is 2.10. The van der Waals surface area contributed by atoms with Gasteiger partial charge in [0.2, 0.25) is 0 Å². The number of guanidine groups is 1. The number of hydrogen-bond donors (Lipinski definition) is 4. The Balaban J connectivity index is 1.49. The third-order valence-electron chi connectivity index (χ3n) is 3.84. The predicted octanol–water partition coefficient (Wildman–Crippen LogP) is 2.93. The number of urea groups is 1. The summed E-state index contributed by atoms with van der Waals surface area (Å²) in [5.74, 6) is 1.53. The Hall–Kier alpha value is -3.33. The number of aliphatic imine (C=N–C) groups is 1. The Morgan fingerprint density at radius 3 is 2.79 bits per heavy atom. The van der Waals surface area contributed by atoms with E-state index in [2.05, 4.69) is 32.7 Å². The van der Waals surface area contributed by atoms with Gasteiger partial charge in [-0.05, 0) is 30.5 Å². The van der Waals surface area contributed by atoms with Gasteiger partial charge < -0.3 is 26.5 Å². The first kappa shape index (κ1) is 19.4. The van der Waals surface area contributed by atoms with Crippen molar-refractivity contribution in [3.05, 3.63) is 59.2 Å². The number of benzene rings is 1. The predicted molar refractivity (Wildman–Crippen MR) is 111 cm³/mol. The highest BCUT2D eigenvalue weighted by molar-refractivity contribution is 7.14. The smallest absolute Gasteiger partial charge is 0.312 e. The minimum absolute atomic E-state index is 0.229. The third kappa shape index (κ3) is 5.85. The standard InChI is InChI=1S/C19H22N6O2S/c20-17(22-10-4-7-13-5-2-1-3-6-13)25-19-24-15(12-28-19)16-9-8-14(27-16)11-23-18(21)26/h1-3,5-6,8-9,12H,4,7,10-11H2,(H3,21,23,26)(H3,20,22,24,25). The molecule has 2 amide bonds. The molecule has 0 saturated carbocycles. The van der Waals surface area contributed by atoms with Crippen LogP contribution >= 0.6 is 11.3 Å². The molecule has 0 spiro atoms. The van der Waals surface area contributed by atoms with Crippen LogP contribution in [0.1, 0.15) is 17.7 Å². The molecule has 0 saturated heterocycles. The maximum absolute atomic E-state index is 10.7. The number of aromatic nitrogens is 1. The van der Waals surface area contributed by atoms with Gasteiger partial charge in [0.15, 0.2) is 16.9 Å². The fraction of sp³-hybridized carbons (Fsp3) is 0.211. The van der Waals surface area contributed by atoms with E-state index in [-0.39, 0.29) is 6.54 Å². The van der Waals surface area contributed by atoms with Crippen molar-refractivity contribution in [2.24, 2.45) is 16.5 Å². The lowest BCUT2D eigenvalue weighted by Crippen LogP contribution is -2.28. The lowest BCUT2D eigenvalue weighted by molar-refractivity contribution is 0.247. The lowest BCUT2D eigenvalue weighted by atomic mass is 10.1. The molecule has 8 nitrogen and oxygen atoms in total. The van der Waals surface area contributed by atoms with Crippen molar-refractivity contribution in [2.45, 2.75) is 19.4 Å². The average Bonchev–Trinajstić information content (AvgIpc) is 3.34. The van der Waals surface area contributed by atoms with Gasteiger partial charge in [0.25, 0.3) is 0 Å². The van der Waals surface area contributed by atoms with E-state index in [0.29, 0.717) is 34.9 Å². The van der Waals surface area contributed by atoms with Crippen LogP contribution in [-0.4, -0.2) is 23.5 Å². The number of hydrogen-bond acceptors (Lipinski definition) is 5. The topological polar surface area (TPSA) is 132 Å². The number of primary amides is 1. The normalized spacial score (nSPS) is 11.4. The van der Waals surface area contributed by atoms with Gasteiger partial charge in [-0.25, -0.2) is 9.78 Å². The second-order valence-corrected chi connectivity index (χ2v) is 6.86. The van der Waals surface area contributed by atoms with Crippen molar-refractivity contribution in [1.82, 2.24) is 10.3 Å². The molecule has 2 aromatic heterocycles. The van der Waals surface area contributed by atoms with Crippen molar-refractivity contribution in [2.75, 3.05) is 11.9 Å². The number of rotatable bonds is 8. The SMILES string of the molecule is NC(=O)NCc1ccc(-c2csc(NC(N)=NCCCc3ccccc3)n2)o1. The van der Waals surface area contributed by atoms with Crippen LogP contribution in [0.4, 0.5) is 9.93 Å². The van der Waals surface area contributed by atoms with E-state index < -0.39 is 6.03 Å².